The van der Waals surface area contributed by atoms with E-state index in [-0.39, 0.29) is 5.92 Å². The second kappa shape index (κ2) is 11.0. The Morgan fingerprint density at radius 1 is 0.929 bits per heavy atom. The van der Waals surface area contributed by atoms with Crippen molar-refractivity contribution >= 4 is 23.0 Å². The minimum Gasteiger partial charge on any atom is -0.481 e. The Hall–Kier alpha value is -4.63. The van der Waals surface area contributed by atoms with Crippen molar-refractivity contribution in [3.63, 3.8) is 0 Å². The maximum atomic E-state index is 11.3. The van der Waals surface area contributed by atoms with E-state index >= 15 is 0 Å². The summed E-state index contributed by atoms with van der Waals surface area (Å²) in [6.45, 7) is 3.16. The number of carbonyl (C=O) groups is 1. The van der Waals surface area contributed by atoms with Crippen molar-refractivity contribution in [1.29, 1.82) is 0 Å². The number of nitrogens with two attached hydrogens (primary N) is 1. The number of benzene rings is 1. The molecule has 0 unspecified atom stereocenters. The third-order valence-electron chi connectivity index (χ3n) is 8.86. The summed E-state index contributed by atoms with van der Waals surface area (Å²) in [6, 6.07) is 18.5. The Balaban J connectivity index is 1.12. The van der Waals surface area contributed by atoms with Crippen molar-refractivity contribution in [2.75, 3.05) is 25.4 Å². The van der Waals surface area contributed by atoms with Gasteiger partial charge in [-0.1, -0.05) is 18.2 Å². The lowest BCUT2D eigenvalue weighted by Gasteiger charge is -2.42. The Kier molecular flexibility index (Phi) is 6.87. The highest BCUT2D eigenvalue weighted by molar-refractivity contribution is 5.85. The number of carboxylic acid groups (broad SMARTS) is 1. The zero-order chi connectivity index (χ0) is 28.6. The number of carboxylic acids is 1. The van der Waals surface area contributed by atoms with Crippen molar-refractivity contribution in [1.82, 2.24) is 29.4 Å². The Bertz CT molecular complexity index is 1720. The first-order valence-electron chi connectivity index (χ1n) is 14.6. The molecule has 1 aliphatic heterocycles. The molecule has 0 spiro atoms. The molecule has 1 saturated carbocycles. The van der Waals surface area contributed by atoms with Crippen molar-refractivity contribution in [3.8, 4) is 28.2 Å². The van der Waals surface area contributed by atoms with Crippen LogP contribution in [0.4, 0.5) is 5.82 Å². The number of aromatic nitrogens is 5. The molecule has 5 heterocycles. The second-order valence-corrected chi connectivity index (χ2v) is 11.6. The SMILES string of the molecule is Nc1ncccc1-c1nc2cc(-c3cccnc3)cnc2n1-c1ccc(C2CN(CC3CCC(C(=O)O)CC3)C2)cc1. The highest BCUT2D eigenvalue weighted by Gasteiger charge is 2.32. The molecule has 1 saturated heterocycles. The van der Waals surface area contributed by atoms with Crippen LogP contribution < -0.4 is 5.73 Å². The maximum absolute atomic E-state index is 11.3. The van der Waals surface area contributed by atoms with Crippen LogP contribution >= 0.6 is 0 Å². The summed E-state index contributed by atoms with van der Waals surface area (Å²) in [4.78, 5) is 32.2. The van der Waals surface area contributed by atoms with Gasteiger partial charge >= 0.3 is 5.97 Å². The van der Waals surface area contributed by atoms with Crippen LogP contribution in [0.2, 0.25) is 0 Å². The van der Waals surface area contributed by atoms with Crippen molar-refractivity contribution in [2.24, 2.45) is 11.8 Å². The number of imidazole rings is 1. The molecular weight excluding hydrogens is 526 g/mol. The summed E-state index contributed by atoms with van der Waals surface area (Å²) in [5.74, 6) is 1.46. The molecule has 212 valence electrons. The van der Waals surface area contributed by atoms with Crippen LogP contribution in [0.1, 0.15) is 37.2 Å². The van der Waals surface area contributed by atoms with Gasteiger partial charge in [0.25, 0.3) is 0 Å². The molecule has 4 aromatic heterocycles. The maximum Gasteiger partial charge on any atom is 0.306 e. The smallest absolute Gasteiger partial charge is 0.306 e. The number of aliphatic carboxylic acids is 1. The molecule has 0 amide bonds. The summed E-state index contributed by atoms with van der Waals surface area (Å²) in [6.07, 6.45) is 10.8. The lowest BCUT2D eigenvalue weighted by Crippen LogP contribution is -2.47. The van der Waals surface area contributed by atoms with Gasteiger partial charge in [-0.05, 0) is 73.6 Å². The molecule has 42 heavy (non-hydrogen) atoms. The molecule has 9 nitrogen and oxygen atoms in total. The number of rotatable bonds is 7. The molecule has 0 atom stereocenters. The quantitative estimate of drug-likeness (QED) is 0.271. The number of pyridine rings is 3. The van der Waals surface area contributed by atoms with E-state index in [0.29, 0.717) is 23.5 Å². The van der Waals surface area contributed by atoms with Gasteiger partial charge in [0, 0.05) is 67.2 Å². The molecule has 1 aliphatic carbocycles. The lowest BCUT2D eigenvalue weighted by atomic mass is 9.80. The number of anilines is 1. The largest absolute Gasteiger partial charge is 0.481 e. The van der Waals surface area contributed by atoms with E-state index in [1.165, 1.54) is 5.56 Å². The average molecular weight is 560 g/mol. The van der Waals surface area contributed by atoms with Crippen LogP contribution in [0, 0.1) is 11.8 Å². The molecule has 2 fully saturated rings. The zero-order valence-electron chi connectivity index (χ0n) is 23.3. The van der Waals surface area contributed by atoms with Crippen LogP contribution in [0.5, 0.6) is 0 Å². The fourth-order valence-electron chi connectivity index (χ4n) is 6.47. The number of nitrogen functional groups attached to an aromatic ring is 1. The van der Waals surface area contributed by atoms with Gasteiger partial charge in [-0.15, -0.1) is 0 Å². The number of hydrogen-bond donors (Lipinski definition) is 2. The van der Waals surface area contributed by atoms with Gasteiger partial charge in [0.2, 0.25) is 0 Å². The lowest BCUT2D eigenvalue weighted by molar-refractivity contribution is -0.143. The fourth-order valence-corrected chi connectivity index (χ4v) is 6.47. The Morgan fingerprint density at radius 3 is 2.43 bits per heavy atom. The average Bonchev–Trinajstić information content (AvgIpc) is 3.38. The standard InChI is InChI=1S/C33H33N7O2/c34-30-28(4-2-14-36-30)31-38-29-15-25(24-3-1-13-35-16-24)17-37-32(29)40(31)27-11-9-22(10-12-27)26-19-39(20-26)18-21-5-7-23(8-6-21)33(41)42/h1-4,9-17,21,23,26H,5-8,18-20H2,(H2,34,36)(H,41,42). The summed E-state index contributed by atoms with van der Waals surface area (Å²) >= 11 is 0. The molecule has 9 heteroatoms. The Morgan fingerprint density at radius 2 is 1.71 bits per heavy atom. The van der Waals surface area contributed by atoms with Gasteiger partial charge < -0.3 is 15.7 Å². The monoisotopic (exact) mass is 559 g/mol. The van der Waals surface area contributed by atoms with E-state index in [1.54, 1.807) is 12.4 Å². The number of likely N-dealkylation sites (tertiary alicyclic amines) is 1. The summed E-state index contributed by atoms with van der Waals surface area (Å²) in [5.41, 5.74) is 12.8. The van der Waals surface area contributed by atoms with E-state index in [1.807, 2.05) is 42.7 Å². The van der Waals surface area contributed by atoms with Crippen molar-refractivity contribution in [3.05, 3.63) is 84.9 Å². The van der Waals surface area contributed by atoms with Gasteiger partial charge in [0.05, 0.1) is 11.5 Å². The number of nitrogens with zero attached hydrogens (tertiary/aromatic N) is 6. The topological polar surface area (TPSA) is 123 Å². The van der Waals surface area contributed by atoms with Gasteiger partial charge in [-0.2, -0.15) is 0 Å². The van der Waals surface area contributed by atoms with Gasteiger partial charge in [-0.25, -0.2) is 15.0 Å². The fraction of sp³-hybridized carbons (Fsp3) is 0.303. The molecule has 7 rings (SSSR count). The van der Waals surface area contributed by atoms with E-state index in [9.17, 15) is 9.90 Å². The van der Waals surface area contributed by atoms with Gasteiger partial charge in [0.15, 0.2) is 11.5 Å². The van der Waals surface area contributed by atoms with Crippen LogP contribution in [0.25, 0.3) is 39.4 Å². The summed E-state index contributed by atoms with van der Waals surface area (Å²) in [7, 11) is 0. The predicted octanol–water partition coefficient (Wildman–Crippen LogP) is 5.42. The first-order chi connectivity index (χ1) is 20.5. The molecule has 2 aliphatic rings. The van der Waals surface area contributed by atoms with Gasteiger partial charge in [0.1, 0.15) is 11.3 Å². The van der Waals surface area contributed by atoms with Crippen LogP contribution in [-0.2, 0) is 4.79 Å². The van der Waals surface area contributed by atoms with Crippen LogP contribution in [-0.4, -0.2) is 60.1 Å². The van der Waals surface area contributed by atoms with Crippen molar-refractivity contribution in [2.45, 2.75) is 31.6 Å². The van der Waals surface area contributed by atoms with Crippen LogP contribution in [0.3, 0.4) is 0 Å². The molecule has 0 bridgehead atoms. The number of fused-ring (bicyclic) bond motifs is 1. The first kappa shape index (κ1) is 26.3. The van der Waals surface area contributed by atoms with E-state index in [0.717, 1.165) is 78.9 Å². The Labute approximate surface area is 244 Å². The first-order valence-corrected chi connectivity index (χ1v) is 14.6. The van der Waals surface area contributed by atoms with E-state index < -0.39 is 5.97 Å². The third kappa shape index (κ3) is 5.00. The summed E-state index contributed by atoms with van der Waals surface area (Å²) in [5, 5.41) is 9.27. The number of hydrogen-bond acceptors (Lipinski definition) is 7. The molecule has 5 aromatic rings. The highest BCUT2D eigenvalue weighted by Crippen LogP contribution is 2.35. The zero-order valence-corrected chi connectivity index (χ0v) is 23.3. The van der Waals surface area contributed by atoms with Crippen molar-refractivity contribution < 1.29 is 9.90 Å². The summed E-state index contributed by atoms with van der Waals surface area (Å²) < 4.78 is 2.06. The second-order valence-electron chi connectivity index (χ2n) is 11.6. The van der Waals surface area contributed by atoms with Crippen LogP contribution in [0.15, 0.2) is 79.4 Å². The van der Waals surface area contributed by atoms with Gasteiger partial charge in [-0.3, -0.25) is 14.3 Å². The molecule has 3 N–H and O–H groups in total. The predicted molar refractivity (Wildman–Crippen MR) is 162 cm³/mol. The molecular formula is C33H33N7O2. The minimum atomic E-state index is -0.633. The minimum absolute atomic E-state index is 0.148. The third-order valence-corrected chi connectivity index (χ3v) is 8.86. The highest BCUT2D eigenvalue weighted by atomic mass is 16.4. The molecule has 1 aromatic carbocycles. The molecule has 0 radical (unpaired) electrons. The van der Waals surface area contributed by atoms with E-state index in [4.69, 9.17) is 15.7 Å². The normalized spacial score (nSPS) is 19.5. The van der Waals surface area contributed by atoms with E-state index in [2.05, 4.69) is 43.7 Å².